The Morgan fingerprint density at radius 1 is 1.18 bits per heavy atom. The number of fused-ring (bicyclic) bond motifs is 2. The van der Waals surface area contributed by atoms with E-state index in [-0.39, 0.29) is 6.04 Å². The molecular weight excluding hydrogens is 300 g/mol. The highest BCUT2D eigenvalue weighted by atomic mass is 19.4. The van der Waals surface area contributed by atoms with Crippen LogP contribution in [0.25, 0.3) is 0 Å². The normalized spacial score (nSPS) is 27.7. The average molecular weight is 316 g/mol. The summed E-state index contributed by atoms with van der Waals surface area (Å²) >= 11 is 0. The highest BCUT2D eigenvalue weighted by Gasteiger charge is 2.37. The van der Waals surface area contributed by atoms with Crippen LogP contribution in [0.2, 0.25) is 0 Å². The summed E-state index contributed by atoms with van der Waals surface area (Å²) in [5, 5.41) is 6.07. The minimum Gasteiger partial charge on any atom is -0.349 e. The standard InChI is InChI=1S/C15H16F4N2O/c16-13-11(2-1-3-12(13)15(17,18)19)14(22)21-10-6-8-4-5-9(7-10)20-8/h1-3,8-10,20H,4-7H2,(H,21,22). The van der Waals surface area contributed by atoms with Crippen LogP contribution >= 0.6 is 0 Å². The quantitative estimate of drug-likeness (QED) is 0.824. The van der Waals surface area contributed by atoms with E-state index in [1.165, 1.54) is 0 Å². The second-order valence-corrected chi connectivity index (χ2v) is 5.94. The maximum absolute atomic E-state index is 13.9. The molecule has 2 aliphatic rings. The zero-order chi connectivity index (χ0) is 15.9. The molecule has 22 heavy (non-hydrogen) atoms. The van der Waals surface area contributed by atoms with Crippen molar-refractivity contribution in [1.29, 1.82) is 0 Å². The summed E-state index contributed by atoms with van der Waals surface area (Å²) in [7, 11) is 0. The molecule has 0 radical (unpaired) electrons. The van der Waals surface area contributed by atoms with E-state index in [0.717, 1.165) is 37.8 Å². The SMILES string of the molecule is O=C(NC1CC2CCC(C1)N2)c1cccc(C(F)(F)F)c1F. The van der Waals surface area contributed by atoms with Gasteiger partial charge in [0.15, 0.2) is 0 Å². The van der Waals surface area contributed by atoms with Crippen LogP contribution < -0.4 is 10.6 Å². The third kappa shape index (κ3) is 2.95. The first-order valence-corrected chi connectivity index (χ1v) is 7.27. The lowest BCUT2D eigenvalue weighted by atomic mass is 9.99. The van der Waals surface area contributed by atoms with Crippen LogP contribution in [0.15, 0.2) is 18.2 Å². The first-order chi connectivity index (χ1) is 10.3. The lowest BCUT2D eigenvalue weighted by Gasteiger charge is -2.29. The van der Waals surface area contributed by atoms with Gasteiger partial charge in [-0.3, -0.25) is 4.79 Å². The Labute approximate surface area is 125 Å². The summed E-state index contributed by atoms with van der Waals surface area (Å²) in [6.07, 6.45) is -1.29. The van der Waals surface area contributed by atoms with Gasteiger partial charge in [0.1, 0.15) is 5.82 Å². The van der Waals surface area contributed by atoms with Crippen molar-refractivity contribution in [1.82, 2.24) is 10.6 Å². The lowest BCUT2D eigenvalue weighted by Crippen LogP contribution is -2.48. The van der Waals surface area contributed by atoms with Crippen molar-refractivity contribution in [2.24, 2.45) is 0 Å². The molecule has 3 rings (SSSR count). The molecule has 120 valence electrons. The Hall–Kier alpha value is -1.63. The van der Waals surface area contributed by atoms with Crippen molar-refractivity contribution in [2.75, 3.05) is 0 Å². The van der Waals surface area contributed by atoms with E-state index < -0.39 is 29.0 Å². The summed E-state index contributed by atoms with van der Waals surface area (Å²) in [5.41, 5.74) is -1.97. The second kappa shape index (κ2) is 5.53. The number of rotatable bonds is 2. The van der Waals surface area contributed by atoms with Crippen LogP contribution in [-0.2, 0) is 6.18 Å². The molecule has 0 saturated carbocycles. The van der Waals surface area contributed by atoms with Gasteiger partial charge >= 0.3 is 6.18 Å². The maximum atomic E-state index is 13.9. The van der Waals surface area contributed by atoms with E-state index in [2.05, 4.69) is 10.6 Å². The minimum atomic E-state index is -4.81. The molecule has 1 aromatic carbocycles. The van der Waals surface area contributed by atoms with E-state index in [9.17, 15) is 22.4 Å². The number of hydrogen-bond acceptors (Lipinski definition) is 2. The van der Waals surface area contributed by atoms with E-state index in [1.807, 2.05) is 0 Å². The fourth-order valence-electron chi connectivity index (χ4n) is 3.36. The van der Waals surface area contributed by atoms with Crippen molar-refractivity contribution in [3.8, 4) is 0 Å². The van der Waals surface area contributed by atoms with Crippen LogP contribution in [0, 0.1) is 5.82 Å². The molecular formula is C15H16F4N2O. The molecule has 1 aromatic rings. The average Bonchev–Trinajstić information content (AvgIpc) is 2.76. The molecule has 1 amide bonds. The molecule has 7 heteroatoms. The highest BCUT2D eigenvalue weighted by Crippen LogP contribution is 2.32. The molecule has 2 unspecified atom stereocenters. The molecule has 0 aliphatic carbocycles. The van der Waals surface area contributed by atoms with Crippen molar-refractivity contribution in [2.45, 2.75) is 50.0 Å². The van der Waals surface area contributed by atoms with Gasteiger partial charge in [-0.15, -0.1) is 0 Å². The van der Waals surface area contributed by atoms with Gasteiger partial charge < -0.3 is 10.6 Å². The predicted octanol–water partition coefficient (Wildman–Crippen LogP) is 2.86. The zero-order valence-electron chi connectivity index (χ0n) is 11.7. The van der Waals surface area contributed by atoms with Gasteiger partial charge in [0, 0.05) is 18.1 Å². The molecule has 3 nitrogen and oxygen atoms in total. The number of amides is 1. The number of piperidine rings is 1. The predicted molar refractivity (Wildman–Crippen MR) is 71.8 cm³/mol. The van der Waals surface area contributed by atoms with E-state index in [1.54, 1.807) is 0 Å². The molecule has 2 bridgehead atoms. The van der Waals surface area contributed by atoms with Gasteiger partial charge in [0.05, 0.1) is 11.1 Å². The number of carbonyl (C=O) groups is 1. The second-order valence-electron chi connectivity index (χ2n) is 5.94. The van der Waals surface area contributed by atoms with E-state index >= 15 is 0 Å². The first kappa shape index (κ1) is 15.3. The van der Waals surface area contributed by atoms with Crippen LogP contribution in [0.3, 0.4) is 0 Å². The van der Waals surface area contributed by atoms with Gasteiger partial charge in [0.25, 0.3) is 5.91 Å². The number of carbonyl (C=O) groups excluding carboxylic acids is 1. The van der Waals surface area contributed by atoms with Crippen molar-refractivity contribution in [3.05, 3.63) is 35.1 Å². The summed E-state index contributed by atoms with van der Waals surface area (Å²) in [4.78, 5) is 12.1. The first-order valence-electron chi connectivity index (χ1n) is 7.27. The van der Waals surface area contributed by atoms with Crippen molar-refractivity contribution < 1.29 is 22.4 Å². The Kier molecular flexibility index (Phi) is 3.84. The maximum Gasteiger partial charge on any atom is 0.419 e. The lowest BCUT2D eigenvalue weighted by molar-refractivity contribution is -0.140. The molecule has 2 atom stereocenters. The molecule has 2 heterocycles. The Morgan fingerprint density at radius 3 is 2.41 bits per heavy atom. The van der Waals surface area contributed by atoms with Gasteiger partial charge in [-0.1, -0.05) is 6.07 Å². The van der Waals surface area contributed by atoms with E-state index in [0.29, 0.717) is 18.2 Å². The fraction of sp³-hybridized carbons (Fsp3) is 0.533. The number of alkyl halides is 3. The van der Waals surface area contributed by atoms with Crippen LogP contribution in [-0.4, -0.2) is 24.0 Å². The Balaban J connectivity index is 1.75. The molecule has 0 spiro atoms. The van der Waals surface area contributed by atoms with Crippen LogP contribution in [0.1, 0.15) is 41.6 Å². The van der Waals surface area contributed by atoms with Crippen LogP contribution in [0.4, 0.5) is 17.6 Å². The molecule has 2 N–H and O–H groups in total. The number of nitrogens with one attached hydrogen (secondary N) is 2. The topological polar surface area (TPSA) is 41.1 Å². The smallest absolute Gasteiger partial charge is 0.349 e. The largest absolute Gasteiger partial charge is 0.419 e. The number of halogens is 4. The van der Waals surface area contributed by atoms with E-state index in [4.69, 9.17) is 0 Å². The fourth-order valence-corrected chi connectivity index (χ4v) is 3.36. The Bertz CT molecular complexity index is 575. The molecule has 2 aliphatic heterocycles. The highest BCUT2D eigenvalue weighted by molar-refractivity contribution is 5.94. The summed E-state index contributed by atoms with van der Waals surface area (Å²) in [6, 6.07) is 3.30. The number of benzene rings is 1. The zero-order valence-corrected chi connectivity index (χ0v) is 11.7. The number of hydrogen-bond donors (Lipinski definition) is 2. The Morgan fingerprint density at radius 2 is 1.82 bits per heavy atom. The van der Waals surface area contributed by atoms with Gasteiger partial charge in [-0.2, -0.15) is 13.2 Å². The van der Waals surface area contributed by atoms with Gasteiger partial charge in [0.2, 0.25) is 0 Å². The van der Waals surface area contributed by atoms with Crippen LogP contribution in [0.5, 0.6) is 0 Å². The third-order valence-electron chi connectivity index (χ3n) is 4.36. The monoisotopic (exact) mass is 316 g/mol. The third-order valence-corrected chi connectivity index (χ3v) is 4.36. The minimum absolute atomic E-state index is 0.125. The molecule has 0 aromatic heterocycles. The summed E-state index contributed by atoms with van der Waals surface area (Å²) < 4.78 is 52.0. The van der Waals surface area contributed by atoms with Gasteiger partial charge in [-0.25, -0.2) is 4.39 Å². The molecule has 2 saturated heterocycles. The summed E-state index contributed by atoms with van der Waals surface area (Å²) in [6.45, 7) is 0. The molecule has 2 fully saturated rings. The summed E-state index contributed by atoms with van der Waals surface area (Å²) in [5.74, 6) is -2.29. The van der Waals surface area contributed by atoms with Crippen molar-refractivity contribution in [3.63, 3.8) is 0 Å². The van der Waals surface area contributed by atoms with Gasteiger partial charge in [-0.05, 0) is 37.8 Å². The van der Waals surface area contributed by atoms with Crippen molar-refractivity contribution >= 4 is 5.91 Å².